The zero-order valence-electron chi connectivity index (χ0n) is 10.3. The van der Waals surface area contributed by atoms with E-state index in [-0.39, 0.29) is 23.6 Å². The van der Waals surface area contributed by atoms with E-state index < -0.39 is 17.0 Å². The predicted molar refractivity (Wildman–Crippen MR) is 63.8 cm³/mol. The minimum atomic E-state index is -1.01. The maximum Gasteiger partial charge on any atom is 0.166 e. The number of phenols is 1. The third-order valence-corrected chi connectivity index (χ3v) is 3.86. The normalized spacial score (nSPS) is 18.0. The highest BCUT2D eigenvalue weighted by atomic mass is 19.2. The molecule has 0 aromatic heterocycles. The van der Waals surface area contributed by atoms with E-state index in [4.69, 9.17) is 10.5 Å². The number of rotatable bonds is 3. The smallest absolute Gasteiger partial charge is 0.166 e. The molecule has 18 heavy (non-hydrogen) atoms. The number of aromatic hydroxyl groups is 1. The molecule has 1 aliphatic carbocycles. The fourth-order valence-electron chi connectivity index (χ4n) is 2.84. The number of halogens is 2. The Morgan fingerprint density at radius 2 is 2.00 bits per heavy atom. The van der Waals surface area contributed by atoms with Gasteiger partial charge in [-0.25, -0.2) is 8.78 Å². The Bertz CT molecular complexity index is 457. The third kappa shape index (κ3) is 1.82. The van der Waals surface area contributed by atoms with E-state index in [9.17, 15) is 13.9 Å². The highest BCUT2D eigenvalue weighted by Gasteiger charge is 2.40. The maximum absolute atomic E-state index is 14.0. The van der Waals surface area contributed by atoms with Crippen molar-refractivity contribution in [3.8, 4) is 11.5 Å². The highest BCUT2D eigenvalue weighted by molar-refractivity contribution is 5.51. The van der Waals surface area contributed by atoms with Gasteiger partial charge in [-0.3, -0.25) is 0 Å². The van der Waals surface area contributed by atoms with Gasteiger partial charge in [-0.2, -0.15) is 0 Å². The zero-order valence-corrected chi connectivity index (χ0v) is 10.3. The van der Waals surface area contributed by atoms with E-state index in [0.29, 0.717) is 12.8 Å². The van der Waals surface area contributed by atoms with Crippen molar-refractivity contribution < 1.29 is 18.6 Å². The molecule has 0 unspecified atom stereocenters. The second-order valence-corrected chi connectivity index (χ2v) is 4.79. The molecule has 0 radical (unpaired) electrons. The molecule has 1 saturated carbocycles. The lowest BCUT2D eigenvalue weighted by molar-refractivity contribution is 0.334. The Hall–Kier alpha value is -1.36. The quantitative estimate of drug-likeness (QED) is 0.874. The minimum Gasteiger partial charge on any atom is -0.504 e. The van der Waals surface area contributed by atoms with Gasteiger partial charge in [0.1, 0.15) is 0 Å². The van der Waals surface area contributed by atoms with Crippen molar-refractivity contribution in [1.82, 2.24) is 0 Å². The summed E-state index contributed by atoms with van der Waals surface area (Å²) >= 11 is 0. The minimum absolute atomic E-state index is 0.0284. The second kappa shape index (κ2) is 4.72. The van der Waals surface area contributed by atoms with Crippen LogP contribution in [-0.4, -0.2) is 18.8 Å². The molecule has 0 bridgehead atoms. The van der Waals surface area contributed by atoms with Crippen LogP contribution in [0.25, 0.3) is 0 Å². The molecule has 5 heteroatoms. The van der Waals surface area contributed by atoms with Crippen molar-refractivity contribution >= 4 is 0 Å². The summed E-state index contributed by atoms with van der Waals surface area (Å²) in [5.74, 6) is -2.41. The van der Waals surface area contributed by atoms with Gasteiger partial charge in [0.25, 0.3) is 0 Å². The van der Waals surface area contributed by atoms with Crippen LogP contribution in [0.5, 0.6) is 11.5 Å². The van der Waals surface area contributed by atoms with Crippen molar-refractivity contribution in [1.29, 1.82) is 0 Å². The monoisotopic (exact) mass is 257 g/mol. The highest BCUT2D eigenvalue weighted by Crippen LogP contribution is 2.48. The summed E-state index contributed by atoms with van der Waals surface area (Å²) < 4.78 is 32.4. The molecule has 0 amide bonds. The van der Waals surface area contributed by atoms with Crippen molar-refractivity contribution in [2.24, 2.45) is 5.73 Å². The molecule has 1 aliphatic rings. The Morgan fingerprint density at radius 1 is 1.39 bits per heavy atom. The molecule has 0 saturated heterocycles. The van der Waals surface area contributed by atoms with E-state index in [1.807, 2.05) is 0 Å². The fourth-order valence-corrected chi connectivity index (χ4v) is 2.84. The molecule has 3 N–H and O–H groups in total. The van der Waals surface area contributed by atoms with Crippen LogP contribution in [0, 0.1) is 11.6 Å². The first-order valence-electron chi connectivity index (χ1n) is 6.01. The summed E-state index contributed by atoms with van der Waals surface area (Å²) in [5, 5.41) is 10.1. The lowest BCUT2D eigenvalue weighted by atomic mass is 9.78. The molecular formula is C13H17F2NO2. The Morgan fingerprint density at radius 3 is 2.50 bits per heavy atom. The van der Waals surface area contributed by atoms with Gasteiger partial charge in [0.15, 0.2) is 23.1 Å². The van der Waals surface area contributed by atoms with Gasteiger partial charge in [0.2, 0.25) is 0 Å². The molecule has 0 heterocycles. The average Bonchev–Trinajstić information content (AvgIpc) is 2.84. The Kier molecular flexibility index (Phi) is 3.43. The number of hydrogen-bond acceptors (Lipinski definition) is 3. The first-order valence-corrected chi connectivity index (χ1v) is 6.01. The standard InChI is InChI=1S/C13H17F2NO2/c1-18-9-6-8(14)11(15)10(12(9)17)13(7-16)4-2-3-5-13/h6,17H,2-5,7,16H2,1H3. The largest absolute Gasteiger partial charge is 0.504 e. The maximum atomic E-state index is 14.0. The lowest BCUT2D eigenvalue weighted by Crippen LogP contribution is -2.33. The van der Waals surface area contributed by atoms with Crippen molar-refractivity contribution in [2.45, 2.75) is 31.1 Å². The van der Waals surface area contributed by atoms with Gasteiger partial charge in [0, 0.05) is 23.6 Å². The van der Waals surface area contributed by atoms with Gasteiger partial charge in [0.05, 0.1) is 7.11 Å². The SMILES string of the molecule is COc1cc(F)c(F)c(C2(CN)CCCC2)c1O. The Labute approximate surface area is 105 Å². The summed E-state index contributed by atoms with van der Waals surface area (Å²) in [4.78, 5) is 0. The van der Waals surface area contributed by atoms with Gasteiger partial charge >= 0.3 is 0 Å². The van der Waals surface area contributed by atoms with Crippen molar-refractivity contribution in [3.63, 3.8) is 0 Å². The van der Waals surface area contributed by atoms with E-state index >= 15 is 0 Å². The number of hydrogen-bond donors (Lipinski definition) is 2. The first kappa shape index (κ1) is 13.1. The van der Waals surface area contributed by atoms with E-state index in [0.717, 1.165) is 18.9 Å². The molecule has 1 aromatic carbocycles. The summed E-state index contributed by atoms with van der Waals surface area (Å²) in [6, 6.07) is 0.854. The van der Waals surface area contributed by atoms with Crippen molar-refractivity contribution in [2.75, 3.05) is 13.7 Å². The van der Waals surface area contributed by atoms with Gasteiger partial charge in [-0.05, 0) is 12.8 Å². The topological polar surface area (TPSA) is 55.5 Å². The van der Waals surface area contributed by atoms with Crippen LogP contribution in [-0.2, 0) is 5.41 Å². The molecule has 3 nitrogen and oxygen atoms in total. The molecule has 1 aromatic rings. The average molecular weight is 257 g/mol. The summed E-state index contributed by atoms with van der Waals surface area (Å²) in [6.07, 6.45) is 3.10. The first-order chi connectivity index (χ1) is 8.55. The lowest BCUT2D eigenvalue weighted by Gasteiger charge is -2.29. The van der Waals surface area contributed by atoms with Gasteiger partial charge < -0.3 is 15.6 Å². The number of benzene rings is 1. The fraction of sp³-hybridized carbons (Fsp3) is 0.538. The van der Waals surface area contributed by atoms with Crippen molar-refractivity contribution in [3.05, 3.63) is 23.3 Å². The van der Waals surface area contributed by atoms with E-state index in [1.165, 1.54) is 7.11 Å². The van der Waals surface area contributed by atoms with Crippen LogP contribution in [0.1, 0.15) is 31.2 Å². The van der Waals surface area contributed by atoms with E-state index in [1.54, 1.807) is 0 Å². The second-order valence-electron chi connectivity index (χ2n) is 4.79. The Balaban J connectivity index is 2.65. The van der Waals surface area contributed by atoms with Gasteiger partial charge in [-0.1, -0.05) is 12.8 Å². The molecule has 0 spiro atoms. The summed E-state index contributed by atoms with van der Waals surface area (Å²) in [6.45, 7) is 0.185. The molecule has 1 fully saturated rings. The van der Waals surface area contributed by atoms with Crippen LogP contribution in [0.4, 0.5) is 8.78 Å². The van der Waals surface area contributed by atoms with Gasteiger partial charge in [-0.15, -0.1) is 0 Å². The molecule has 0 atom stereocenters. The summed E-state index contributed by atoms with van der Waals surface area (Å²) in [5.41, 5.74) is 5.03. The molecule has 0 aliphatic heterocycles. The van der Waals surface area contributed by atoms with Crippen LogP contribution >= 0.6 is 0 Å². The van der Waals surface area contributed by atoms with E-state index in [2.05, 4.69) is 0 Å². The third-order valence-electron chi connectivity index (χ3n) is 3.86. The number of ether oxygens (including phenoxy) is 1. The number of methoxy groups -OCH3 is 1. The molecular weight excluding hydrogens is 240 g/mol. The van der Waals surface area contributed by atoms with Crippen LogP contribution in [0.15, 0.2) is 6.07 Å². The summed E-state index contributed by atoms with van der Waals surface area (Å²) in [7, 11) is 1.31. The number of phenolic OH excluding ortho intramolecular Hbond substituents is 1. The predicted octanol–water partition coefficient (Wildman–Crippen LogP) is 2.45. The molecule has 2 rings (SSSR count). The molecule has 100 valence electrons. The van der Waals surface area contributed by atoms with Crippen LogP contribution in [0.2, 0.25) is 0 Å². The van der Waals surface area contributed by atoms with Crippen LogP contribution in [0.3, 0.4) is 0 Å². The van der Waals surface area contributed by atoms with Crippen LogP contribution < -0.4 is 10.5 Å². The number of nitrogens with two attached hydrogens (primary N) is 1. The zero-order chi connectivity index (χ0) is 13.3.